The largest absolute Gasteiger partial charge is 0.345 e. The van der Waals surface area contributed by atoms with Crippen molar-refractivity contribution in [2.75, 3.05) is 13.2 Å². The smallest absolute Gasteiger partial charge is 0.224 e. The van der Waals surface area contributed by atoms with E-state index in [1.807, 2.05) is 0 Å². The van der Waals surface area contributed by atoms with E-state index in [4.69, 9.17) is 18.9 Å². The molecule has 3 fully saturated rings. The maximum Gasteiger partial charge on any atom is 0.224 e. The Morgan fingerprint density at radius 2 is 0.783 bits per heavy atom. The molecule has 0 aromatic heterocycles. The van der Waals surface area contributed by atoms with Gasteiger partial charge in [-0.25, -0.2) is 0 Å². The second-order valence-corrected chi connectivity index (χ2v) is 18.0. The van der Waals surface area contributed by atoms with E-state index in [0.29, 0.717) is 13.2 Å². The lowest BCUT2D eigenvalue weighted by Crippen LogP contribution is -2.72. The zero-order chi connectivity index (χ0) is 31.4. The van der Waals surface area contributed by atoms with E-state index in [-0.39, 0.29) is 23.5 Å². The lowest BCUT2D eigenvalue weighted by atomic mass is 9.87. The van der Waals surface area contributed by atoms with E-state index >= 15 is 0 Å². The standard InChI is InChI=1S/C40H46O4P2/c1-31(45(33-19-7-3-8-20-33)34-21-9-4-10-22-34)37-38(32(2)46(35-23-11-5-12-24-35)36-25-13-6-14-26-36)44-40(28-16-18-30-42-40)39(43-37)27-15-17-29-41-39/h3-14,19-26,31-32,37-38H,15-18,27-30H2,1-2H3. The van der Waals surface area contributed by atoms with Crippen molar-refractivity contribution in [1.82, 2.24) is 0 Å². The fraction of sp³-hybridized carbons (Fsp3) is 0.400. The quantitative estimate of drug-likeness (QED) is 0.184. The number of ether oxygens (including phenoxy) is 4. The molecule has 240 valence electrons. The van der Waals surface area contributed by atoms with E-state index in [1.54, 1.807) is 0 Å². The van der Waals surface area contributed by atoms with Gasteiger partial charge in [0.25, 0.3) is 0 Å². The molecular formula is C40H46O4P2. The van der Waals surface area contributed by atoms with Crippen molar-refractivity contribution in [3.63, 3.8) is 0 Å². The van der Waals surface area contributed by atoms with Crippen molar-refractivity contribution in [2.24, 2.45) is 0 Å². The molecule has 0 bridgehead atoms. The van der Waals surface area contributed by atoms with Gasteiger partial charge in [-0.1, -0.05) is 135 Å². The van der Waals surface area contributed by atoms with Gasteiger partial charge in [-0.15, -0.1) is 0 Å². The predicted octanol–water partition coefficient (Wildman–Crippen LogP) is 7.61. The zero-order valence-electron chi connectivity index (χ0n) is 27.0. The van der Waals surface area contributed by atoms with Gasteiger partial charge in [0.2, 0.25) is 11.6 Å². The molecule has 0 aliphatic carbocycles. The van der Waals surface area contributed by atoms with Crippen LogP contribution in [0.25, 0.3) is 0 Å². The van der Waals surface area contributed by atoms with E-state index in [0.717, 1.165) is 38.5 Å². The van der Waals surface area contributed by atoms with Gasteiger partial charge in [-0.05, 0) is 62.7 Å². The third-order valence-corrected chi connectivity index (χ3v) is 15.6. The van der Waals surface area contributed by atoms with Crippen LogP contribution in [0.2, 0.25) is 0 Å². The average Bonchev–Trinajstić information content (AvgIpc) is 3.12. The van der Waals surface area contributed by atoms with Crippen LogP contribution in [0.3, 0.4) is 0 Å². The van der Waals surface area contributed by atoms with Gasteiger partial charge < -0.3 is 18.9 Å². The minimum absolute atomic E-state index is 0.152. The molecular weight excluding hydrogens is 606 g/mol. The van der Waals surface area contributed by atoms with E-state index in [2.05, 4.69) is 135 Å². The van der Waals surface area contributed by atoms with Gasteiger partial charge in [0.1, 0.15) is 0 Å². The highest BCUT2D eigenvalue weighted by molar-refractivity contribution is 7.74. The molecule has 3 aliphatic heterocycles. The summed E-state index contributed by atoms with van der Waals surface area (Å²) >= 11 is 0. The van der Waals surface area contributed by atoms with Gasteiger partial charge >= 0.3 is 0 Å². The minimum atomic E-state index is -0.905. The summed E-state index contributed by atoms with van der Waals surface area (Å²) < 4.78 is 28.7. The lowest BCUT2D eigenvalue weighted by molar-refractivity contribution is -0.480. The Morgan fingerprint density at radius 1 is 0.478 bits per heavy atom. The van der Waals surface area contributed by atoms with Crippen molar-refractivity contribution in [3.8, 4) is 0 Å². The topological polar surface area (TPSA) is 36.9 Å². The molecule has 3 saturated heterocycles. The van der Waals surface area contributed by atoms with E-state index in [1.165, 1.54) is 21.2 Å². The molecule has 3 heterocycles. The molecule has 4 nitrogen and oxygen atoms in total. The zero-order valence-corrected chi connectivity index (χ0v) is 28.8. The number of fused-ring (bicyclic) bond motifs is 1. The van der Waals surface area contributed by atoms with Crippen molar-refractivity contribution < 1.29 is 18.9 Å². The summed E-state index contributed by atoms with van der Waals surface area (Å²) in [4.78, 5) is 0. The van der Waals surface area contributed by atoms with Crippen LogP contribution in [-0.4, -0.2) is 48.3 Å². The maximum atomic E-state index is 7.60. The average molecular weight is 653 g/mol. The molecule has 6 unspecified atom stereocenters. The molecule has 6 atom stereocenters. The lowest BCUT2D eigenvalue weighted by Gasteiger charge is -2.60. The summed E-state index contributed by atoms with van der Waals surface area (Å²) in [6, 6.07) is 44.1. The van der Waals surface area contributed by atoms with Crippen LogP contribution in [0.5, 0.6) is 0 Å². The molecule has 0 radical (unpaired) electrons. The highest BCUT2D eigenvalue weighted by Gasteiger charge is 2.65. The minimum Gasteiger partial charge on any atom is -0.345 e. The van der Waals surface area contributed by atoms with Crippen LogP contribution < -0.4 is 21.2 Å². The molecule has 0 amide bonds. The van der Waals surface area contributed by atoms with Crippen molar-refractivity contribution >= 4 is 37.1 Å². The first-order valence-electron chi connectivity index (χ1n) is 17.0. The number of benzene rings is 4. The van der Waals surface area contributed by atoms with Gasteiger partial charge in [0.05, 0.1) is 25.4 Å². The van der Waals surface area contributed by atoms with Gasteiger partial charge in [0.15, 0.2) is 0 Å². The maximum absolute atomic E-state index is 7.60. The second-order valence-electron chi connectivity index (χ2n) is 12.8. The summed E-state index contributed by atoms with van der Waals surface area (Å²) in [6.45, 7) is 6.12. The van der Waals surface area contributed by atoms with Gasteiger partial charge in [-0.3, -0.25) is 0 Å². The molecule has 3 aliphatic rings. The first-order valence-corrected chi connectivity index (χ1v) is 19.9. The summed E-state index contributed by atoms with van der Waals surface area (Å²) in [7, 11) is -1.55. The third kappa shape index (κ3) is 6.26. The summed E-state index contributed by atoms with van der Waals surface area (Å²) in [5.74, 6) is -1.81. The van der Waals surface area contributed by atoms with Crippen molar-refractivity contribution in [2.45, 2.75) is 87.5 Å². The first kappa shape index (κ1) is 32.1. The Kier molecular flexibility index (Phi) is 10.0. The first-order chi connectivity index (χ1) is 22.6. The van der Waals surface area contributed by atoms with E-state index < -0.39 is 27.4 Å². The van der Waals surface area contributed by atoms with Crippen LogP contribution in [0.4, 0.5) is 0 Å². The molecule has 7 rings (SSSR count). The van der Waals surface area contributed by atoms with Gasteiger partial charge in [-0.2, -0.15) is 0 Å². The molecule has 4 aromatic rings. The summed E-state index contributed by atoms with van der Waals surface area (Å²) in [6.07, 6.45) is 5.34. The van der Waals surface area contributed by atoms with Crippen LogP contribution in [0.1, 0.15) is 52.4 Å². The Hall–Kier alpha value is -2.42. The highest BCUT2D eigenvalue weighted by atomic mass is 31.1. The Balaban J connectivity index is 1.36. The van der Waals surface area contributed by atoms with Crippen molar-refractivity contribution in [3.05, 3.63) is 121 Å². The van der Waals surface area contributed by atoms with E-state index in [9.17, 15) is 0 Å². The Morgan fingerprint density at radius 3 is 1.04 bits per heavy atom. The second kappa shape index (κ2) is 14.4. The highest BCUT2D eigenvalue weighted by Crippen LogP contribution is 2.56. The number of rotatable bonds is 8. The normalized spacial score (nSPS) is 28.0. The number of hydrogen-bond donors (Lipinski definition) is 0. The molecule has 0 N–H and O–H groups in total. The molecule has 4 aromatic carbocycles. The van der Waals surface area contributed by atoms with Crippen LogP contribution in [0, 0.1) is 0 Å². The van der Waals surface area contributed by atoms with Crippen LogP contribution >= 0.6 is 15.8 Å². The number of hydrogen-bond acceptors (Lipinski definition) is 4. The third-order valence-electron chi connectivity index (χ3n) is 9.93. The molecule has 6 heteroatoms. The monoisotopic (exact) mass is 652 g/mol. The molecule has 0 saturated carbocycles. The fourth-order valence-electron chi connectivity index (χ4n) is 7.71. The Labute approximate surface area is 277 Å². The summed E-state index contributed by atoms with van der Waals surface area (Å²) in [5, 5.41) is 5.42. The SMILES string of the molecule is CC(C1OC2(CCCCO2)C2(CCCCO2)OC1C(C)P(c1ccccc1)c1ccccc1)P(c1ccccc1)c1ccccc1. The Bertz CT molecular complexity index is 1310. The summed E-state index contributed by atoms with van der Waals surface area (Å²) in [5.41, 5.74) is 0.304. The molecule has 2 spiro atoms. The van der Waals surface area contributed by atoms with Gasteiger partial charge in [0, 0.05) is 24.2 Å². The van der Waals surface area contributed by atoms with Crippen LogP contribution in [0.15, 0.2) is 121 Å². The van der Waals surface area contributed by atoms with Crippen molar-refractivity contribution in [1.29, 1.82) is 0 Å². The molecule has 46 heavy (non-hydrogen) atoms. The predicted molar refractivity (Wildman–Crippen MR) is 192 cm³/mol. The fourth-order valence-corrected chi connectivity index (χ4v) is 13.2. The van der Waals surface area contributed by atoms with Crippen LogP contribution in [-0.2, 0) is 18.9 Å².